The highest BCUT2D eigenvalue weighted by Gasteiger charge is 2.41. The van der Waals surface area contributed by atoms with E-state index in [1.165, 1.54) is 18.5 Å². The highest BCUT2D eigenvalue weighted by Crippen LogP contribution is 2.46. The van der Waals surface area contributed by atoms with E-state index in [0.29, 0.717) is 17.8 Å². The van der Waals surface area contributed by atoms with Crippen molar-refractivity contribution in [1.82, 2.24) is 20.2 Å². The maximum Gasteiger partial charge on any atom is 0.470 e. The van der Waals surface area contributed by atoms with Crippen LogP contribution in [0.4, 0.5) is 17.6 Å². The Morgan fingerprint density at radius 2 is 1.74 bits per heavy atom. The topological polar surface area (TPSA) is 64.7 Å². The molecule has 0 radical (unpaired) electrons. The minimum Gasteiger partial charge on any atom is -0.413 e. The van der Waals surface area contributed by atoms with E-state index >= 15 is 0 Å². The summed E-state index contributed by atoms with van der Waals surface area (Å²) in [6, 6.07) is 6.67. The van der Waals surface area contributed by atoms with Crippen LogP contribution in [0.5, 0.6) is 0 Å². The average Bonchev–Trinajstić information content (AvgIpc) is 3.10. The second-order valence-electron chi connectivity index (χ2n) is 6.59. The summed E-state index contributed by atoms with van der Waals surface area (Å²) in [5.41, 5.74) is 0.492. The predicted molar refractivity (Wildman–Crippen MR) is 86.0 cm³/mol. The Kier molecular flexibility index (Phi) is 4.16. The number of halogens is 4. The van der Waals surface area contributed by atoms with Crippen molar-refractivity contribution in [2.45, 2.75) is 37.3 Å². The van der Waals surface area contributed by atoms with Gasteiger partial charge in [0.1, 0.15) is 11.6 Å². The zero-order valence-electron chi connectivity index (χ0n) is 14.0. The number of hydrogen-bond donors (Lipinski definition) is 0. The highest BCUT2D eigenvalue weighted by molar-refractivity contribution is 5.48. The van der Waals surface area contributed by atoms with Gasteiger partial charge in [-0.2, -0.15) is 13.2 Å². The summed E-state index contributed by atoms with van der Waals surface area (Å²) in [6.07, 6.45) is 1.08. The van der Waals surface area contributed by atoms with Crippen molar-refractivity contribution >= 4 is 0 Å². The Hall–Kier alpha value is -2.84. The molecule has 0 atom stereocenters. The summed E-state index contributed by atoms with van der Waals surface area (Å²) in [7, 11) is 0. The highest BCUT2D eigenvalue weighted by atomic mass is 19.4. The van der Waals surface area contributed by atoms with Crippen LogP contribution >= 0.6 is 0 Å². The van der Waals surface area contributed by atoms with Crippen LogP contribution in [0.25, 0.3) is 11.5 Å². The van der Waals surface area contributed by atoms with Gasteiger partial charge >= 0.3 is 12.1 Å². The van der Waals surface area contributed by atoms with Crippen LogP contribution in [0.1, 0.15) is 36.5 Å². The smallest absolute Gasteiger partial charge is 0.413 e. The van der Waals surface area contributed by atoms with Gasteiger partial charge in [0.25, 0.3) is 5.89 Å². The van der Waals surface area contributed by atoms with Crippen molar-refractivity contribution < 1.29 is 22.0 Å². The summed E-state index contributed by atoms with van der Waals surface area (Å²) in [5.74, 6) is -1.49. The number of alkyl halides is 3. The molecule has 0 amide bonds. The first kappa shape index (κ1) is 17.6. The van der Waals surface area contributed by atoms with Crippen molar-refractivity contribution in [1.29, 1.82) is 0 Å². The van der Waals surface area contributed by atoms with Gasteiger partial charge in [0.2, 0.25) is 0 Å². The fourth-order valence-corrected chi connectivity index (χ4v) is 3.35. The van der Waals surface area contributed by atoms with Crippen LogP contribution in [0.15, 0.2) is 41.1 Å². The van der Waals surface area contributed by atoms with Crippen LogP contribution in [0, 0.1) is 5.82 Å². The number of aromatic nitrogens is 4. The minimum atomic E-state index is -4.71. The van der Waals surface area contributed by atoms with Crippen LogP contribution in [0.2, 0.25) is 0 Å². The Morgan fingerprint density at radius 3 is 2.30 bits per heavy atom. The molecular weight excluding hydrogens is 364 g/mol. The molecule has 0 unspecified atom stereocenters. The quantitative estimate of drug-likeness (QED) is 0.632. The van der Waals surface area contributed by atoms with Crippen LogP contribution in [0.3, 0.4) is 0 Å². The fraction of sp³-hybridized carbons (Fsp3) is 0.333. The summed E-state index contributed by atoms with van der Waals surface area (Å²) >= 11 is 0. The maximum absolute atomic E-state index is 14.2. The van der Waals surface area contributed by atoms with E-state index in [-0.39, 0.29) is 22.7 Å². The van der Waals surface area contributed by atoms with Gasteiger partial charge in [0.05, 0.1) is 5.56 Å². The third kappa shape index (κ3) is 3.29. The molecule has 1 aliphatic carbocycles. The van der Waals surface area contributed by atoms with E-state index < -0.39 is 12.1 Å². The first-order valence-electron chi connectivity index (χ1n) is 8.34. The standard InChI is InChI=1S/C18H14F4N4O/c19-13-5-2-1-4-12(13)17(6-3-7-17)8-14-23-9-11(10-24-14)15-25-26-16(27-15)18(20,21)22/h1-2,4-5,9-10H,3,6-8H2. The number of nitrogens with zero attached hydrogens (tertiary/aromatic N) is 4. The molecule has 5 nitrogen and oxygen atoms in total. The minimum absolute atomic E-state index is 0.190. The SMILES string of the molecule is Fc1ccccc1C1(Cc2ncc(-c3nnc(C(F)(F)F)o3)cn2)CCC1. The number of rotatable bonds is 4. The zero-order valence-corrected chi connectivity index (χ0v) is 14.0. The lowest BCUT2D eigenvalue weighted by molar-refractivity contribution is -0.156. The lowest BCUT2D eigenvalue weighted by Crippen LogP contribution is -2.38. The van der Waals surface area contributed by atoms with Gasteiger partial charge in [-0.1, -0.05) is 24.6 Å². The molecule has 0 N–H and O–H groups in total. The summed E-state index contributed by atoms with van der Waals surface area (Å²) in [5, 5.41) is 6.36. The van der Waals surface area contributed by atoms with E-state index in [1.807, 2.05) is 0 Å². The lowest BCUT2D eigenvalue weighted by Gasteiger charge is -2.42. The van der Waals surface area contributed by atoms with Gasteiger partial charge in [-0.05, 0) is 24.5 Å². The molecule has 27 heavy (non-hydrogen) atoms. The molecule has 0 spiro atoms. The van der Waals surface area contributed by atoms with E-state index in [2.05, 4.69) is 24.6 Å². The molecule has 9 heteroatoms. The van der Waals surface area contributed by atoms with Crippen LogP contribution in [-0.4, -0.2) is 20.2 Å². The molecule has 1 fully saturated rings. The normalized spacial score (nSPS) is 16.1. The van der Waals surface area contributed by atoms with Gasteiger partial charge in [-0.25, -0.2) is 14.4 Å². The molecule has 2 heterocycles. The molecule has 1 saturated carbocycles. The molecule has 2 aromatic heterocycles. The molecular formula is C18H14F4N4O. The second kappa shape index (κ2) is 6.40. The van der Waals surface area contributed by atoms with E-state index in [4.69, 9.17) is 0 Å². The summed E-state index contributed by atoms with van der Waals surface area (Å²) < 4.78 is 56.5. The second-order valence-corrected chi connectivity index (χ2v) is 6.59. The van der Waals surface area contributed by atoms with Crippen molar-refractivity contribution in [3.8, 4) is 11.5 Å². The fourth-order valence-electron chi connectivity index (χ4n) is 3.35. The molecule has 0 bridgehead atoms. The van der Waals surface area contributed by atoms with Crippen LogP contribution in [-0.2, 0) is 18.0 Å². The summed E-state index contributed by atoms with van der Waals surface area (Å²) in [4.78, 5) is 8.41. The van der Waals surface area contributed by atoms with Crippen molar-refractivity contribution in [2.24, 2.45) is 0 Å². The number of hydrogen-bond acceptors (Lipinski definition) is 5. The Labute approximate surface area is 151 Å². The van der Waals surface area contributed by atoms with E-state index in [9.17, 15) is 17.6 Å². The third-order valence-electron chi connectivity index (χ3n) is 4.87. The predicted octanol–water partition coefficient (Wildman–Crippen LogP) is 4.35. The van der Waals surface area contributed by atoms with Gasteiger partial charge in [-0.15, -0.1) is 10.2 Å². The molecule has 140 valence electrons. The lowest BCUT2D eigenvalue weighted by atomic mass is 9.62. The Balaban J connectivity index is 1.56. The largest absolute Gasteiger partial charge is 0.470 e. The van der Waals surface area contributed by atoms with Crippen molar-refractivity contribution in [3.05, 3.63) is 59.8 Å². The Morgan fingerprint density at radius 1 is 1.04 bits per heavy atom. The molecule has 3 aromatic rings. The molecule has 0 aliphatic heterocycles. The summed E-state index contributed by atoms with van der Waals surface area (Å²) in [6.45, 7) is 0. The molecule has 1 aromatic carbocycles. The van der Waals surface area contributed by atoms with Gasteiger partial charge in [-0.3, -0.25) is 0 Å². The maximum atomic E-state index is 14.2. The Bertz CT molecular complexity index is 948. The van der Waals surface area contributed by atoms with Crippen molar-refractivity contribution in [2.75, 3.05) is 0 Å². The monoisotopic (exact) mass is 378 g/mol. The van der Waals surface area contributed by atoms with Gasteiger partial charge < -0.3 is 4.42 Å². The molecule has 4 rings (SSSR count). The first-order valence-corrected chi connectivity index (χ1v) is 8.34. The first-order chi connectivity index (χ1) is 12.9. The van der Waals surface area contributed by atoms with Crippen LogP contribution < -0.4 is 0 Å². The average molecular weight is 378 g/mol. The molecule has 1 aliphatic rings. The van der Waals surface area contributed by atoms with Gasteiger partial charge in [0, 0.05) is 24.2 Å². The third-order valence-corrected chi connectivity index (χ3v) is 4.87. The van der Waals surface area contributed by atoms with E-state index in [1.54, 1.807) is 18.2 Å². The molecule has 0 saturated heterocycles. The van der Waals surface area contributed by atoms with Crippen molar-refractivity contribution in [3.63, 3.8) is 0 Å². The zero-order chi connectivity index (χ0) is 19.1. The van der Waals surface area contributed by atoms with Gasteiger partial charge in [0.15, 0.2) is 0 Å². The van der Waals surface area contributed by atoms with E-state index in [0.717, 1.165) is 19.3 Å². The number of benzene rings is 1.